The number of ether oxygens (including phenoxy) is 2. The fraction of sp³-hybridized carbons (Fsp3) is 0.500. The fourth-order valence-corrected chi connectivity index (χ4v) is 5.10. The summed E-state index contributed by atoms with van der Waals surface area (Å²) in [7, 11) is 3.91. The van der Waals surface area contributed by atoms with Gasteiger partial charge < -0.3 is 18.9 Å². The highest BCUT2D eigenvalue weighted by molar-refractivity contribution is 5.91. The molecular weight excluding hydrogens is 458 g/mol. The number of carbonyl (C=O) groups excluding carboxylic acids is 1. The maximum atomic E-state index is 12.8. The number of carbonyl (C=O) groups is 1. The van der Waals surface area contributed by atoms with Gasteiger partial charge in [-0.3, -0.25) is 9.69 Å². The molecule has 10 nitrogen and oxygen atoms in total. The summed E-state index contributed by atoms with van der Waals surface area (Å²) in [5.41, 5.74) is 3.04. The molecule has 3 aromatic rings. The second-order valence-corrected chi connectivity index (χ2v) is 9.57. The molecule has 0 spiro atoms. The number of aromatic nitrogens is 4. The summed E-state index contributed by atoms with van der Waals surface area (Å²) in [6.07, 6.45) is 6.53. The largest absolute Gasteiger partial charge is 0.475 e. The van der Waals surface area contributed by atoms with Crippen LogP contribution in [-0.4, -0.2) is 87.3 Å². The highest BCUT2D eigenvalue weighted by atomic mass is 16.5. The lowest BCUT2D eigenvalue weighted by Gasteiger charge is -2.25. The van der Waals surface area contributed by atoms with E-state index in [2.05, 4.69) is 19.9 Å². The highest BCUT2D eigenvalue weighted by Gasteiger charge is 2.35. The molecule has 0 saturated carbocycles. The summed E-state index contributed by atoms with van der Waals surface area (Å²) in [4.78, 5) is 30.1. The van der Waals surface area contributed by atoms with Gasteiger partial charge in [0.2, 0.25) is 17.6 Å². The Morgan fingerprint density at radius 3 is 2.83 bits per heavy atom. The van der Waals surface area contributed by atoms with Crippen LogP contribution in [0, 0.1) is 18.3 Å². The van der Waals surface area contributed by atoms with Crippen LogP contribution in [-0.2, 0) is 16.6 Å². The van der Waals surface area contributed by atoms with E-state index in [1.165, 1.54) is 0 Å². The molecule has 0 N–H and O–H groups in total. The van der Waals surface area contributed by atoms with E-state index in [0.29, 0.717) is 37.0 Å². The standard InChI is InChI=1S/C26H31N7O3/c1-17-13-18(23-20-7-9-32(3)24(20)30-22(14-27)29-23)15-28-25(17)36-12-11-35-19-6-10-33(16-19)26(34)21-5-4-8-31(21)2/h7,9,13,15,19,21H,4-6,8,10-12,16H2,1-3H3/t19-,21+/m0/s1. The second kappa shape index (κ2) is 10.2. The number of aryl methyl sites for hydroxylation is 2. The molecule has 2 aliphatic heterocycles. The van der Waals surface area contributed by atoms with Gasteiger partial charge in [0.05, 0.1) is 24.4 Å². The molecule has 2 aliphatic rings. The van der Waals surface area contributed by atoms with Gasteiger partial charge in [0.25, 0.3) is 0 Å². The lowest BCUT2D eigenvalue weighted by atomic mass is 10.1. The Balaban J connectivity index is 1.16. The van der Waals surface area contributed by atoms with Gasteiger partial charge in [-0.1, -0.05) is 0 Å². The van der Waals surface area contributed by atoms with Gasteiger partial charge in [0, 0.05) is 49.0 Å². The van der Waals surface area contributed by atoms with Gasteiger partial charge in [-0.05, 0) is 51.9 Å². The number of hydrogen-bond donors (Lipinski definition) is 0. The Labute approximate surface area is 210 Å². The van der Waals surface area contributed by atoms with Crippen molar-refractivity contribution in [2.24, 2.45) is 7.05 Å². The van der Waals surface area contributed by atoms with Crippen LogP contribution in [0.1, 0.15) is 30.7 Å². The predicted octanol–water partition coefficient (Wildman–Crippen LogP) is 2.30. The van der Waals surface area contributed by atoms with E-state index in [-0.39, 0.29) is 23.9 Å². The molecule has 1 amide bonds. The molecule has 0 bridgehead atoms. The number of pyridine rings is 1. The van der Waals surface area contributed by atoms with Crippen molar-refractivity contribution in [2.75, 3.05) is 39.9 Å². The number of likely N-dealkylation sites (N-methyl/N-ethyl adjacent to an activating group) is 1. The van der Waals surface area contributed by atoms with Crippen molar-refractivity contribution < 1.29 is 14.3 Å². The quantitative estimate of drug-likeness (QED) is 0.465. The van der Waals surface area contributed by atoms with Crippen molar-refractivity contribution in [2.45, 2.75) is 38.3 Å². The summed E-state index contributed by atoms with van der Waals surface area (Å²) >= 11 is 0. The first-order valence-corrected chi connectivity index (χ1v) is 12.4. The minimum absolute atomic E-state index is 0.0240. The molecule has 0 aliphatic carbocycles. The van der Waals surface area contributed by atoms with E-state index >= 15 is 0 Å². The Morgan fingerprint density at radius 2 is 2.08 bits per heavy atom. The van der Waals surface area contributed by atoms with Gasteiger partial charge in [-0.15, -0.1) is 0 Å². The monoisotopic (exact) mass is 489 g/mol. The predicted molar refractivity (Wildman–Crippen MR) is 133 cm³/mol. The Morgan fingerprint density at radius 1 is 1.22 bits per heavy atom. The van der Waals surface area contributed by atoms with Crippen molar-refractivity contribution in [3.8, 4) is 23.2 Å². The minimum atomic E-state index is 0.0240. The van der Waals surface area contributed by atoms with E-state index in [1.54, 1.807) is 6.20 Å². The zero-order valence-electron chi connectivity index (χ0n) is 21.0. The molecule has 5 heterocycles. The fourth-order valence-electron chi connectivity index (χ4n) is 5.10. The first-order chi connectivity index (χ1) is 17.4. The smallest absolute Gasteiger partial charge is 0.240 e. The molecule has 0 aromatic carbocycles. The summed E-state index contributed by atoms with van der Waals surface area (Å²) in [6, 6.07) is 5.96. The number of likely N-dealkylation sites (tertiary alicyclic amines) is 2. The Hall–Kier alpha value is -3.55. The van der Waals surface area contributed by atoms with Crippen molar-refractivity contribution in [1.82, 2.24) is 29.3 Å². The SMILES string of the molecule is Cc1cc(-c2nc(C#N)nc3c2ccn3C)cnc1OCCO[C@H]1CCN(C(=O)[C@H]2CCCN2C)C1. The lowest BCUT2D eigenvalue weighted by Crippen LogP contribution is -2.43. The molecule has 0 radical (unpaired) electrons. The van der Waals surface area contributed by atoms with Crippen LogP contribution in [0.4, 0.5) is 0 Å². The van der Waals surface area contributed by atoms with Gasteiger partial charge >= 0.3 is 0 Å². The summed E-state index contributed by atoms with van der Waals surface area (Å²) in [5.74, 6) is 0.890. The van der Waals surface area contributed by atoms with Gasteiger partial charge in [0.1, 0.15) is 18.3 Å². The zero-order chi connectivity index (χ0) is 25.2. The third kappa shape index (κ3) is 4.76. The zero-order valence-corrected chi connectivity index (χ0v) is 21.0. The minimum Gasteiger partial charge on any atom is -0.475 e. The van der Waals surface area contributed by atoms with Crippen molar-refractivity contribution >= 4 is 16.9 Å². The van der Waals surface area contributed by atoms with Crippen LogP contribution in [0.15, 0.2) is 24.5 Å². The third-order valence-corrected chi connectivity index (χ3v) is 7.07. The Kier molecular flexibility index (Phi) is 6.85. The van der Waals surface area contributed by atoms with Crippen molar-refractivity contribution in [3.63, 3.8) is 0 Å². The lowest BCUT2D eigenvalue weighted by molar-refractivity contribution is -0.135. The molecule has 188 valence electrons. The maximum Gasteiger partial charge on any atom is 0.240 e. The molecule has 2 fully saturated rings. The average Bonchev–Trinajstić information content (AvgIpc) is 3.62. The number of rotatable bonds is 7. The molecular formula is C26H31N7O3. The van der Waals surface area contributed by atoms with Crippen molar-refractivity contribution in [3.05, 3.63) is 35.9 Å². The van der Waals surface area contributed by atoms with E-state index in [4.69, 9.17) is 9.47 Å². The molecule has 36 heavy (non-hydrogen) atoms. The van der Waals surface area contributed by atoms with Crippen LogP contribution >= 0.6 is 0 Å². The topological polar surface area (TPSA) is 109 Å². The highest BCUT2D eigenvalue weighted by Crippen LogP contribution is 2.29. The third-order valence-electron chi connectivity index (χ3n) is 7.07. The molecule has 2 saturated heterocycles. The van der Waals surface area contributed by atoms with Crippen LogP contribution in [0.25, 0.3) is 22.3 Å². The Bertz CT molecular complexity index is 1310. The van der Waals surface area contributed by atoms with Crippen molar-refractivity contribution in [1.29, 1.82) is 5.26 Å². The number of hydrogen-bond acceptors (Lipinski definition) is 8. The number of nitrogens with zero attached hydrogens (tertiary/aromatic N) is 7. The first-order valence-electron chi connectivity index (χ1n) is 12.4. The summed E-state index contributed by atoms with van der Waals surface area (Å²) in [5, 5.41) is 10.2. The van der Waals surface area contributed by atoms with Crippen LogP contribution in [0.2, 0.25) is 0 Å². The van der Waals surface area contributed by atoms with E-state index < -0.39 is 0 Å². The summed E-state index contributed by atoms with van der Waals surface area (Å²) in [6.45, 7) is 5.13. The van der Waals surface area contributed by atoms with Gasteiger partial charge in [-0.25, -0.2) is 15.0 Å². The molecule has 5 rings (SSSR count). The van der Waals surface area contributed by atoms with Gasteiger partial charge in [-0.2, -0.15) is 5.26 Å². The average molecular weight is 490 g/mol. The van der Waals surface area contributed by atoms with Crippen LogP contribution in [0.3, 0.4) is 0 Å². The van der Waals surface area contributed by atoms with Gasteiger partial charge in [0.15, 0.2) is 0 Å². The normalized spacial score (nSPS) is 20.2. The van der Waals surface area contributed by atoms with Crippen LogP contribution < -0.4 is 4.74 Å². The first kappa shape index (κ1) is 24.2. The second-order valence-electron chi connectivity index (χ2n) is 9.57. The van der Waals surface area contributed by atoms with E-state index in [9.17, 15) is 10.1 Å². The summed E-state index contributed by atoms with van der Waals surface area (Å²) < 4.78 is 13.7. The van der Waals surface area contributed by atoms with Crippen LogP contribution in [0.5, 0.6) is 5.88 Å². The number of amides is 1. The van der Waals surface area contributed by atoms with E-state index in [1.807, 2.05) is 54.9 Å². The number of nitriles is 1. The maximum absolute atomic E-state index is 12.8. The molecule has 2 atom stereocenters. The van der Waals surface area contributed by atoms with E-state index in [0.717, 1.165) is 48.9 Å². The molecule has 10 heteroatoms. The molecule has 3 aromatic heterocycles. The molecule has 0 unspecified atom stereocenters. The number of fused-ring (bicyclic) bond motifs is 1.